The summed E-state index contributed by atoms with van der Waals surface area (Å²) in [6.07, 6.45) is 0. The van der Waals surface area contributed by atoms with Crippen molar-refractivity contribution in [3.8, 4) is 0 Å². The molecule has 1 aliphatic rings. The first-order chi connectivity index (χ1) is 9.06. The Morgan fingerprint density at radius 3 is 2.42 bits per heavy atom. The second kappa shape index (κ2) is 5.71. The molecule has 1 aromatic rings. The molecule has 6 nitrogen and oxygen atoms in total. The van der Waals surface area contributed by atoms with E-state index in [1.54, 1.807) is 12.1 Å². The van der Waals surface area contributed by atoms with Crippen molar-refractivity contribution in [3.63, 3.8) is 0 Å². The summed E-state index contributed by atoms with van der Waals surface area (Å²) < 4.78 is 0. The van der Waals surface area contributed by atoms with Crippen molar-refractivity contribution >= 4 is 17.6 Å². The molecule has 1 saturated heterocycles. The number of urea groups is 1. The van der Waals surface area contributed by atoms with Gasteiger partial charge in [-0.15, -0.1) is 0 Å². The SMILES string of the molecule is CC(NC(=O)C1CNC1)c1ccc(NC(N)=O)cc1. The Bertz CT molecular complexity index is 468. The van der Waals surface area contributed by atoms with Crippen molar-refractivity contribution < 1.29 is 9.59 Å². The number of anilines is 1. The molecule has 3 amide bonds. The van der Waals surface area contributed by atoms with Gasteiger partial charge in [0.2, 0.25) is 5.91 Å². The minimum absolute atomic E-state index is 0.0595. The Morgan fingerprint density at radius 2 is 1.95 bits per heavy atom. The number of rotatable bonds is 4. The van der Waals surface area contributed by atoms with Crippen LogP contribution < -0.4 is 21.7 Å². The van der Waals surface area contributed by atoms with E-state index in [9.17, 15) is 9.59 Å². The van der Waals surface area contributed by atoms with Gasteiger partial charge < -0.3 is 21.7 Å². The molecule has 1 atom stereocenters. The minimum Gasteiger partial charge on any atom is -0.351 e. The molecule has 102 valence electrons. The van der Waals surface area contributed by atoms with Gasteiger partial charge in [-0.05, 0) is 24.6 Å². The Hall–Kier alpha value is -2.08. The van der Waals surface area contributed by atoms with Crippen molar-refractivity contribution in [2.45, 2.75) is 13.0 Å². The van der Waals surface area contributed by atoms with E-state index in [1.807, 2.05) is 19.1 Å². The number of nitrogens with one attached hydrogen (secondary N) is 3. The fraction of sp³-hybridized carbons (Fsp3) is 0.385. The molecular formula is C13H18N4O2. The molecule has 1 aromatic carbocycles. The number of nitrogens with two attached hydrogens (primary N) is 1. The van der Waals surface area contributed by atoms with Crippen molar-refractivity contribution in [1.29, 1.82) is 0 Å². The lowest BCUT2D eigenvalue weighted by Crippen LogP contribution is -2.51. The van der Waals surface area contributed by atoms with E-state index < -0.39 is 6.03 Å². The molecule has 5 N–H and O–H groups in total. The van der Waals surface area contributed by atoms with Crippen LogP contribution in [-0.4, -0.2) is 25.0 Å². The maximum Gasteiger partial charge on any atom is 0.316 e. The number of primary amides is 1. The summed E-state index contributed by atoms with van der Waals surface area (Å²) in [4.78, 5) is 22.5. The van der Waals surface area contributed by atoms with Gasteiger partial charge in [-0.1, -0.05) is 12.1 Å². The fourth-order valence-electron chi connectivity index (χ4n) is 1.89. The Balaban J connectivity index is 1.92. The Morgan fingerprint density at radius 1 is 1.32 bits per heavy atom. The molecule has 6 heteroatoms. The van der Waals surface area contributed by atoms with E-state index in [0.29, 0.717) is 5.69 Å². The summed E-state index contributed by atoms with van der Waals surface area (Å²) in [5.74, 6) is 0.156. The summed E-state index contributed by atoms with van der Waals surface area (Å²) in [6, 6.07) is 6.58. The van der Waals surface area contributed by atoms with E-state index in [0.717, 1.165) is 18.7 Å². The highest BCUT2D eigenvalue weighted by Gasteiger charge is 2.25. The highest BCUT2D eigenvalue weighted by atomic mass is 16.2. The Labute approximate surface area is 111 Å². The third kappa shape index (κ3) is 3.45. The molecule has 1 unspecified atom stereocenters. The third-order valence-electron chi connectivity index (χ3n) is 3.19. The summed E-state index contributed by atoms with van der Waals surface area (Å²) in [7, 11) is 0. The molecule has 1 heterocycles. The van der Waals surface area contributed by atoms with Gasteiger partial charge in [0.15, 0.2) is 0 Å². The number of carbonyl (C=O) groups is 2. The summed E-state index contributed by atoms with van der Waals surface area (Å²) in [5.41, 5.74) is 6.65. The first-order valence-electron chi connectivity index (χ1n) is 6.24. The number of benzene rings is 1. The normalized spacial score (nSPS) is 16.3. The average molecular weight is 262 g/mol. The zero-order valence-corrected chi connectivity index (χ0v) is 10.8. The quantitative estimate of drug-likeness (QED) is 0.639. The van der Waals surface area contributed by atoms with Gasteiger partial charge in [0.25, 0.3) is 0 Å². The minimum atomic E-state index is -0.591. The number of amides is 3. The van der Waals surface area contributed by atoms with Crippen molar-refractivity contribution in [2.75, 3.05) is 18.4 Å². The second-order valence-electron chi connectivity index (χ2n) is 4.70. The average Bonchev–Trinajstić information content (AvgIpc) is 2.26. The van der Waals surface area contributed by atoms with Gasteiger partial charge in [-0.2, -0.15) is 0 Å². The first-order valence-corrected chi connectivity index (χ1v) is 6.24. The monoisotopic (exact) mass is 262 g/mol. The van der Waals surface area contributed by atoms with Crippen LogP contribution in [0.2, 0.25) is 0 Å². The van der Waals surface area contributed by atoms with Gasteiger partial charge in [0, 0.05) is 18.8 Å². The van der Waals surface area contributed by atoms with Crippen LogP contribution in [0.3, 0.4) is 0 Å². The maximum absolute atomic E-state index is 11.8. The lowest BCUT2D eigenvalue weighted by molar-refractivity contribution is -0.127. The molecule has 19 heavy (non-hydrogen) atoms. The summed E-state index contributed by atoms with van der Waals surface area (Å²) in [6.45, 7) is 3.43. The zero-order chi connectivity index (χ0) is 13.8. The molecule has 2 rings (SSSR count). The lowest BCUT2D eigenvalue weighted by atomic mass is 10.0. The van der Waals surface area contributed by atoms with E-state index in [1.165, 1.54) is 0 Å². The molecule has 1 aliphatic heterocycles. The molecule has 0 saturated carbocycles. The second-order valence-corrected chi connectivity index (χ2v) is 4.70. The van der Waals surface area contributed by atoms with E-state index in [2.05, 4.69) is 16.0 Å². The third-order valence-corrected chi connectivity index (χ3v) is 3.19. The standard InChI is InChI=1S/C13H18N4O2/c1-8(16-12(18)10-6-15-7-10)9-2-4-11(5-3-9)17-13(14)19/h2-5,8,10,15H,6-7H2,1H3,(H,16,18)(H3,14,17,19). The summed E-state index contributed by atoms with van der Waals surface area (Å²) >= 11 is 0. The molecule has 0 bridgehead atoms. The van der Waals surface area contributed by atoms with Gasteiger partial charge in [0.05, 0.1) is 12.0 Å². The van der Waals surface area contributed by atoms with Gasteiger partial charge >= 0.3 is 6.03 Å². The van der Waals surface area contributed by atoms with Crippen LogP contribution in [0.15, 0.2) is 24.3 Å². The largest absolute Gasteiger partial charge is 0.351 e. The van der Waals surface area contributed by atoms with Gasteiger partial charge in [-0.25, -0.2) is 4.79 Å². The van der Waals surface area contributed by atoms with Crippen molar-refractivity contribution in [2.24, 2.45) is 11.7 Å². The van der Waals surface area contributed by atoms with Crippen LogP contribution in [-0.2, 0) is 4.79 Å². The zero-order valence-electron chi connectivity index (χ0n) is 10.8. The number of carbonyl (C=O) groups excluding carboxylic acids is 2. The topological polar surface area (TPSA) is 96.2 Å². The highest BCUT2D eigenvalue weighted by molar-refractivity contribution is 5.87. The van der Waals surface area contributed by atoms with Gasteiger partial charge in [-0.3, -0.25) is 4.79 Å². The first kappa shape index (κ1) is 13.4. The lowest BCUT2D eigenvalue weighted by Gasteiger charge is -2.27. The van der Waals surface area contributed by atoms with E-state index in [4.69, 9.17) is 5.73 Å². The van der Waals surface area contributed by atoms with Crippen molar-refractivity contribution in [1.82, 2.24) is 10.6 Å². The van der Waals surface area contributed by atoms with Crippen LogP contribution in [0.25, 0.3) is 0 Å². The molecule has 0 aliphatic carbocycles. The predicted octanol–water partition coefficient (Wildman–Crippen LogP) is 0.574. The van der Waals surface area contributed by atoms with Crippen LogP contribution >= 0.6 is 0 Å². The maximum atomic E-state index is 11.8. The number of hydrogen-bond donors (Lipinski definition) is 4. The molecule has 0 radical (unpaired) electrons. The van der Waals surface area contributed by atoms with E-state index >= 15 is 0 Å². The highest BCUT2D eigenvalue weighted by Crippen LogP contribution is 2.17. The van der Waals surface area contributed by atoms with Gasteiger partial charge in [0.1, 0.15) is 0 Å². The molecular weight excluding hydrogens is 244 g/mol. The fourth-order valence-corrected chi connectivity index (χ4v) is 1.89. The molecule has 1 fully saturated rings. The van der Waals surface area contributed by atoms with E-state index in [-0.39, 0.29) is 17.9 Å². The van der Waals surface area contributed by atoms with Crippen molar-refractivity contribution in [3.05, 3.63) is 29.8 Å². The Kier molecular flexibility index (Phi) is 4.01. The smallest absolute Gasteiger partial charge is 0.316 e. The molecule has 0 spiro atoms. The predicted molar refractivity (Wildman–Crippen MR) is 72.6 cm³/mol. The van der Waals surface area contributed by atoms with Crippen LogP contribution in [0.5, 0.6) is 0 Å². The summed E-state index contributed by atoms with van der Waals surface area (Å²) in [5, 5.41) is 8.53. The number of hydrogen-bond acceptors (Lipinski definition) is 3. The van der Waals surface area contributed by atoms with Crippen LogP contribution in [0.1, 0.15) is 18.5 Å². The molecule has 0 aromatic heterocycles. The van der Waals surface area contributed by atoms with Crippen LogP contribution in [0.4, 0.5) is 10.5 Å². The van der Waals surface area contributed by atoms with Crippen LogP contribution in [0, 0.1) is 5.92 Å².